The molecule has 1 aromatic carbocycles. The predicted molar refractivity (Wildman–Crippen MR) is 101 cm³/mol. The second-order valence-corrected chi connectivity index (χ2v) is 6.45. The highest BCUT2D eigenvalue weighted by Crippen LogP contribution is 2.35. The van der Waals surface area contributed by atoms with Crippen molar-refractivity contribution in [3.05, 3.63) is 59.4 Å². The molecule has 136 valence electrons. The highest BCUT2D eigenvalue weighted by atomic mass is 16.5. The van der Waals surface area contributed by atoms with Gasteiger partial charge < -0.3 is 14.4 Å². The molecule has 1 aliphatic rings. The average Bonchev–Trinajstić information content (AvgIpc) is 2.99. The number of carbonyl (C=O) groups excluding carboxylic acids is 1. The zero-order valence-electron chi connectivity index (χ0n) is 15.4. The van der Waals surface area contributed by atoms with Crippen LogP contribution >= 0.6 is 0 Å². The van der Waals surface area contributed by atoms with Crippen LogP contribution in [0.5, 0.6) is 11.5 Å². The van der Waals surface area contributed by atoms with Gasteiger partial charge in [0.15, 0.2) is 0 Å². The van der Waals surface area contributed by atoms with Crippen LogP contribution in [0.3, 0.4) is 0 Å². The molecule has 0 fully saturated rings. The van der Waals surface area contributed by atoms with Crippen molar-refractivity contribution >= 4 is 12.0 Å². The summed E-state index contributed by atoms with van der Waals surface area (Å²) < 4.78 is 11.6. The van der Waals surface area contributed by atoms with Crippen LogP contribution in [-0.4, -0.2) is 35.5 Å². The lowest BCUT2D eigenvalue weighted by molar-refractivity contribution is -0.125. The summed E-state index contributed by atoms with van der Waals surface area (Å²) in [5, 5.41) is 0. The van der Waals surface area contributed by atoms with Gasteiger partial charge in [0.2, 0.25) is 5.91 Å². The van der Waals surface area contributed by atoms with Gasteiger partial charge in [-0.25, -0.2) is 0 Å². The maximum atomic E-state index is 12.4. The smallest absolute Gasteiger partial charge is 0.246 e. The van der Waals surface area contributed by atoms with Crippen LogP contribution in [0.25, 0.3) is 6.08 Å². The van der Waals surface area contributed by atoms with Gasteiger partial charge in [0, 0.05) is 49.6 Å². The fourth-order valence-electron chi connectivity index (χ4n) is 3.00. The summed E-state index contributed by atoms with van der Waals surface area (Å²) in [6.45, 7) is 5.09. The lowest BCUT2D eigenvalue weighted by Crippen LogP contribution is -2.24. The van der Waals surface area contributed by atoms with Crippen molar-refractivity contribution in [3.8, 4) is 11.5 Å². The molecule has 1 aromatic heterocycles. The first-order valence-corrected chi connectivity index (χ1v) is 8.85. The monoisotopic (exact) mass is 352 g/mol. The molecular formula is C21H24N2O3. The fraction of sp³-hybridized carbons (Fsp3) is 0.333. The van der Waals surface area contributed by atoms with Crippen molar-refractivity contribution in [3.63, 3.8) is 0 Å². The second kappa shape index (κ2) is 8.04. The standard InChI is InChI=1S/C21H24N2O3/c1-4-25-19-12-18-10-15(2)26-20(18)11-17(19)7-8-21(24)23(3)14-16-6-5-9-22-13-16/h5-9,11-13,15H,4,10,14H2,1-3H3/b8-7+. The van der Waals surface area contributed by atoms with Gasteiger partial charge >= 0.3 is 0 Å². The van der Waals surface area contributed by atoms with E-state index >= 15 is 0 Å². The molecule has 0 radical (unpaired) electrons. The Bertz CT molecular complexity index is 802. The Morgan fingerprint density at radius 2 is 2.31 bits per heavy atom. The van der Waals surface area contributed by atoms with E-state index in [1.165, 1.54) is 0 Å². The van der Waals surface area contributed by atoms with Gasteiger partial charge in [0.25, 0.3) is 0 Å². The number of fused-ring (bicyclic) bond motifs is 1. The largest absolute Gasteiger partial charge is 0.493 e. The van der Waals surface area contributed by atoms with E-state index in [1.54, 1.807) is 36.5 Å². The van der Waals surface area contributed by atoms with Crippen molar-refractivity contribution in [2.75, 3.05) is 13.7 Å². The van der Waals surface area contributed by atoms with Crippen LogP contribution in [0.2, 0.25) is 0 Å². The van der Waals surface area contributed by atoms with Crippen molar-refractivity contribution in [2.45, 2.75) is 32.9 Å². The molecule has 1 amide bonds. The molecule has 5 nitrogen and oxygen atoms in total. The highest BCUT2D eigenvalue weighted by molar-refractivity contribution is 5.92. The highest BCUT2D eigenvalue weighted by Gasteiger charge is 2.21. The van der Waals surface area contributed by atoms with E-state index in [0.717, 1.165) is 34.6 Å². The Labute approximate surface area is 154 Å². The van der Waals surface area contributed by atoms with Crippen LogP contribution in [-0.2, 0) is 17.8 Å². The minimum Gasteiger partial charge on any atom is -0.493 e. The normalized spacial score (nSPS) is 15.6. The minimum atomic E-state index is -0.0777. The van der Waals surface area contributed by atoms with Gasteiger partial charge in [-0.3, -0.25) is 9.78 Å². The fourth-order valence-corrected chi connectivity index (χ4v) is 3.00. The third kappa shape index (κ3) is 4.23. The average molecular weight is 352 g/mol. The number of likely N-dealkylation sites (N-methyl/N-ethyl adjacent to an activating group) is 1. The summed E-state index contributed by atoms with van der Waals surface area (Å²) in [5.74, 6) is 1.57. The topological polar surface area (TPSA) is 51.7 Å². The first kappa shape index (κ1) is 18.0. The van der Waals surface area contributed by atoms with Gasteiger partial charge in [0.1, 0.15) is 17.6 Å². The molecule has 3 rings (SSSR count). The van der Waals surface area contributed by atoms with Crippen molar-refractivity contribution < 1.29 is 14.3 Å². The van der Waals surface area contributed by atoms with Gasteiger partial charge in [-0.2, -0.15) is 0 Å². The lowest BCUT2D eigenvalue weighted by Gasteiger charge is -2.15. The van der Waals surface area contributed by atoms with Crippen LogP contribution in [0.15, 0.2) is 42.7 Å². The first-order valence-electron chi connectivity index (χ1n) is 8.85. The summed E-state index contributed by atoms with van der Waals surface area (Å²) in [5.41, 5.74) is 2.99. The zero-order valence-corrected chi connectivity index (χ0v) is 15.4. The minimum absolute atomic E-state index is 0.0777. The summed E-state index contributed by atoms with van der Waals surface area (Å²) >= 11 is 0. The number of hydrogen-bond acceptors (Lipinski definition) is 4. The lowest BCUT2D eigenvalue weighted by atomic mass is 10.1. The molecule has 1 unspecified atom stereocenters. The molecule has 26 heavy (non-hydrogen) atoms. The van der Waals surface area contributed by atoms with E-state index in [-0.39, 0.29) is 12.0 Å². The zero-order chi connectivity index (χ0) is 18.5. The molecule has 2 aromatic rings. The third-order valence-electron chi connectivity index (χ3n) is 4.25. The Morgan fingerprint density at radius 1 is 1.46 bits per heavy atom. The number of benzene rings is 1. The number of aromatic nitrogens is 1. The van der Waals surface area contributed by atoms with Crippen LogP contribution in [0.4, 0.5) is 0 Å². The van der Waals surface area contributed by atoms with E-state index in [4.69, 9.17) is 9.47 Å². The number of pyridine rings is 1. The summed E-state index contributed by atoms with van der Waals surface area (Å²) in [7, 11) is 1.77. The third-order valence-corrected chi connectivity index (χ3v) is 4.25. The second-order valence-electron chi connectivity index (χ2n) is 6.45. The first-order chi connectivity index (χ1) is 12.6. The molecule has 0 N–H and O–H groups in total. The molecule has 0 saturated heterocycles. The molecule has 5 heteroatoms. The van der Waals surface area contributed by atoms with E-state index in [1.807, 2.05) is 38.1 Å². The number of nitrogens with zero attached hydrogens (tertiary/aromatic N) is 2. The van der Waals surface area contributed by atoms with E-state index in [9.17, 15) is 4.79 Å². The Kier molecular flexibility index (Phi) is 5.56. The van der Waals surface area contributed by atoms with Crippen molar-refractivity contribution in [2.24, 2.45) is 0 Å². The summed E-state index contributed by atoms with van der Waals surface area (Å²) in [4.78, 5) is 18.2. The molecule has 0 spiro atoms. The Hall–Kier alpha value is -2.82. The SMILES string of the molecule is CCOc1cc2c(cc1/C=C/C(=O)N(C)Cc1cccnc1)OC(C)C2. The number of hydrogen-bond donors (Lipinski definition) is 0. The number of ether oxygens (including phenoxy) is 2. The maximum Gasteiger partial charge on any atom is 0.246 e. The summed E-state index contributed by atoms with van der Waals surface area (Å²) in [6.07, 6.45) is 7.90. The van der Waals surface area contributed by atoms with Gasteiger partial charge in [0.05, 0.1) is 6.61 Å². The van der Waals surface area contributed by atoms with Crippen LogP contribution in [0, 0.1) is 0 Å². The molecular weight excluding hydrogens is 328 g/mol. The van der Waals surface area contributed by atoms with Crippen molar-refractivity contribution in [1.29, 1.82) is 0 Å². The molecule has 0 saturated carbocycles. The Balaban J connectivity index is 1.74. The summed E-state index contributed by atoms with van der Waals surface area (Å²) in [6, 6.07) is 7.79. The number of rotatable bonds is 6. The van der Waals surface area contributed by atoms with E-state index in [2.05, 4.69) is 4.98 Å². The predicted octanol–water partition coefficient (Wildman–Crippen LogP) is 3.48. The van der Waals surface area contributed by atoms with Crippen LogP contribution in [0.1, 0.15) is 30.5 Å². The molecule has 0 bridgehead atoms. The van der Waals surface area contributed by atoms with E-state index < -0.39 is 0 Å². The quantitative estimate of drug-likeness (QED) is 0.747. The molecule has 1 aliphatic heterocycles. The molecule has 1 atom stereocenters. The van der Waals surface area contributed by atoms with Crippen molar-refractivity contribution in [1.82, 2.24) is 9.88 Å². The Morgan fingerprint density at radius 3 is 3.04 bits per heavy atom. The molecule has 2 heterocycles. The maximum absolute atomic E-state index is 12.4. The van der Waals surface area contributed by atoms with Gasteiger partial charge in [-0.05, 0) is 43.7 Å². The molecule has 0 aliphatic carbocycles. The van der Waals surface area contributed by atoms with Crippen LogP contribution < -0.4 is 9.47 Å². The number of amides is 1. The van der Waals surface area contributed by atoms with Gasteiger partial charge in [-0.15, -0.1) is 0 Å². The van der Waals surface area contributed by atoms with E-state index in [0.29, 0.717) is 13.2 Å². The van der Waals surface area contributed by atoms with Gasteiger partial charge in [-0.1, -0.05) is 6.07 Å². The number of carbonyl (C=O) groups is 1.